The van der Waals surface area contributed by atoms with Crippen molar-refractivity contribution in [2.45, 2.75) is 4.90 Å². The second kappa shape index (κ2) is 3.61. The van der Waals surface area contributed by atoms with Crippen LogP contribution in [-0.4, -0.2) is 21.5 Å². The lowest BCUT2D eigenvalue weighted by Crippen LogP contribution is -2.12. The van der Waals surface area contributed by atoms with E-state index in [1.807, 2.05) is 0 Å². The largest absolute Gasteiger partial charge is 0.465 e. The molecule has 2 rings (SSSR count). The molecule has 4 nitrogen and oxygen atoms in total. The van der Waals surface area contributed by atoms with E-state index in [2.05, 4.69) is 4.74 Å². The Kier molecular flexibility index (Phi) is 2.52. The third-order valence-corrected chi connectivity index (χ3v) is 4.60. The average molecular weight is 259 g/mol. The predicted molar refractivity (Wildman–Crippen MR) is 58.4 cm³/mol. The van der Waals surface area contributed by atoms with Crippen molar-refractivity contribution in [3.05, 3.63) is 34.7 Å². The van der Waals surface area contributed by atoms with Gasteiger partial charge in [0.25, 0.3) is 0 Å². The molecule has 1 heterocycles. The summed E-state index contributed by atoms with van der Waals surface area (Å²) in [7, 11) is -2.72. The van der Waals surface area contributed by atoms with Crippen LogP contribution in [0.25, 0.3) is 5.03 Å². The van der Waals surface area contributed by atoms with E-state index in [-0.39, 0.29) is 9.93 Å². The maximum atomic E-state index is 12.0. The molecule has 0 unspecified atom stereocenters. The van der Waals surface area contributed by atoms with Gasteiger partial charge in [-0.25, -0.2) is 13.2 Å². The second-order valence-corrected chi connectivity index (χ2v) is 5.37. The van der Waals surface area contributed by atoms with Crippen LogP contribution in [0.5, 0.6) is 0 Å². The Bertz CT molecular complexity index is 601. The van der Waals surface area contributed by atoms with Gasteiger partial charge in [0, 0.05) is 5.56 Å². The summed E-state index contributed by atoms with van der Waals surface area (Å²) < 4.78 is 28.3. The van der Waals surface area contributed by atoms with Gasteiger partial charge in [-0.05, 0) is 6.07 Å². The van der Waals surface area contributed by atoms with Gasteiger partial charge in [-0.2, -0.15) is 0 Å². The van der Waals surface area contributed by atoms with Crippen LogP contribution >= 0.6 is 11.6 Å². The minimum atomic E-state index is -3.83. The molecule has 0 fully saturated rings. The molecule has 1 aliphatic rings. The summed E-state index contributed by atoms with van der Waals surface area (Å²) in [6, 6.07) is 6.17. The number of fused-ring (bicyclic) bond motifs is 1. The van der Waals surface area contributed by atoms with Crippen molar-refractivity contribution in [1.29, 1.82) is 0 Å². The van der Waals surface area contributed by atoms with Crippen LogP contribution in [0, 0.1) is 0 Å². The maximum absolute atomic E-state index is 12.0. The zero-order valence-electron chi connectivity index (χ0n) is 8.23. The van der Waals surface area contributed by atoms with Gasteiger partial charge >= 0.3 is 5.97 Å². The van der Waals surface area contributed by atoms with Crippen LogP contribution < -0.4 is 0 Å². The molecule has 0 aromatic heterocycles. The van der Waals surface area contributed by atoms with E-state index in [0.29, 0.717) is 5.56 Å². The lowest BCUT2D eigenvalue weighted by Gasteiger charge is -2.00. The molecule has 0 spiro atoms. The molecule has 0 N–H and O–H groups in total. The summed E-state index contributed by atoms with van der Waals surface area (Å²) >= 11 is 5.87. The molecule has 0 atom stereocenters. The van der Waals surface area contributed by atoms with Gasteiger partial charge in [0.15, 0.2) is 4.91 Å². The summed E-state index contributed by atoms with van der Waals surface area (Å²) in [4.78, 5) is 10.9. The van der Waals surface area contributed by atoms with Crippen molar-refractivity contribution < 1.29 is 17.9 Å². The summed E-state index contributed by atoms with van der Waals surface area (Å²) in [5.41, 5.74) is 0.338. The zero-order chi connectivity index (χ0) is 11.9. The van der Waals surface area contributed by atoms with Crippen LogP contribution in [-0.2, 0) is 19.4 Å². The van der Waals surface area contributed by atoms with Crippen molar-refractivity contribution in [2.24, 2.45) is 0 Å². The van der Waals surface area contributed by atoms with E-state index < -0.39 is 20.7 Å². The second-order valence-electron chi connectivity index (χ2n) is 3.13. The first-order valence-corrected chi connectivity index (χ1v) is 6.19. The lowest BCUT2D eigenvalue weighted by atomic mass is 10.2. The van der Waals surface area contributed by atoms with Crippen LogP contribution in [0.2, 0.25) is 0 Å². The predicted octanol–water partition coefficient (Wildman–Crippen LogP) is 1.55. The number of esters is 1. The van der Waals surface area contributed by atoms with E-state index in [9.17, 15) is 13.2 Å². The molecular formula is C10H7ClO4S. The zero-order valence-corrected chi connectivity index (χ0v) is 9.80. The Labute approximate surface area is 97.4 Å². The van der Waals surface area contributed by atoms with Crippen LogP contribution in [0.1, 0.15) is 5.56 Å². The van der Waals surface area contributed by atoms with Crippen LogP contribution in [0.15, 0.2) is 34.1 Å². The van der Waals surface area contributed by atoms with Gasteiger partial charge in [0.05, 0.1) is 17.0 Å². The molecule has 6 heteroatoms. The first-order valence-electron chi connectivity index (χ1n) is 4.32. The number of carbonyl (C=O) groups excluding carboxylic acids is 1. The van der Waals surface area contributed by atoms with Crippen molar-refractivity contribution in [1.82, 2.24) is 0 Å². The monoisotopic (exact) mass is 258 g/mol. The van der Waals surface area contributed by atoms with E-state index in [4.69, 9.17) is 11.6 Å². The normalized spacial score (nSPS) is 17.1. The number of carbonyl (C=O) groups is 1. The Morgan fingerprint density at radius 2 is 1.94 bits per heavy atom. The number of hydrogen-bond donors (Lipinski definition) is 0. The lowest BCUT2D eigenvalue weighted by molar-refractivity contribution is -0.135. The summed E-state index contributed by atoms with van der Waals surface area (Å²) in [5.74, 6) is -0.943. The third kappa shape index (κ3) is 1.36. The quantitative estimate of drug-likeness (QED) is 0.717. The Balaban J connectivity index is 2.77. The fraction of sp³-hybridized carbons (Fsp3) is 0.100. The summed E-state index contributed by atoms with van der Waals surface area (Å²) in [5, 5.41) is -0.0811. The summed E-state index contributed by atoms with van der Waals surface area (Å²) in [6.07, 6.45) is 0. The minimum absolute atomic E-state index is 0.0420. The molecule has 0 aliphatic carbocycles. The molecule has 0 saturated carbocycles. The van der Waals surface area contributed by atoms with Crippen molar-refractivity contribution in [2.75, 3.05) is 7.11 Å². The van der Waals surface area contributed by atoms with E-state index >= 15 is 0 Å². The summed E-state index contributed by atoms with van der Waals surface area (Å²) in [6.45, 7) is 0. The van der Waals surface area contributed by atoms with Gasteiger partial charge in [-0.3, -0.25) is 0 Å². The third-order valence-electron chi connectivity index (χ3n) is 2.25. The average Bonchev–Trinajstić information content (AvgIpc) is 2.47. The van der Waals surface area contributed by atoms with Gasteiger partial charge < -0.3 is 4.74 Å². The van der Waals surface area contributed by atoms with Crippen molar-refractivity contribution in [3.63, 3.8) is 0 Å². The minimum Gasteiger partial charge on any atom is -0.465 e. The molecular weight excluding hydrogens is 252 g/mol. The van der Waals surface area contributed by atoms with Gasteiger partial charge in [0.2, 0.25) is 9.84 Å². The number of rotatable bonds is 1. The molecule has 0 saturated heterocycles. The van der Waals surface area contributed by atoms with Crippen LogP contribution in [0.4, 0.5) is 0 Å². The fourth-order valence-corrected chi connectivity index (χ4v) is 3.71. The van der Waals surface area contributed by atoms with E-state index in [1.54, 1.807) is 18.2 Å². The van der Waals surface area contributed by atoms with E-state index in [1.165, 1.54) is 6.07 Å². The standard InChI is InChI=1S/C10H7ClO4S/c1-15-10(12)9-8(11)6-4-2-3-5-7(6)16(9,13)14/h2-5H,1H3. The van der Waals surface area contributed by atoms with Crippen molar-refractivity contribution in [3.8, 4) is 0 Å². The number of halogens is 1. The molecule has 16 heavy (non-hydrogen) atoms. The first kappa shape index (κ1) is 11.2. The number of sulfone groups is 1. The smallest absolute Gasteiger partial charge is 0.351 e. The number of ether oxygens (including phenoxy) is 1. The topological polar surface area (TPSA) is 60.4 Å². The van der Waals surface area contributed by atoms with Gasteiger partial charge in [0.1, 0.15) is 0 Å². The van der Waals surface area contributed by atoms with Gasteiger partial charge in [-0.1, -0.05) is 29.8 Å². The highest BCUT2D eigenvalue weighted by Gasteiger charge is 2.39. The Morgan fingerprint density at radius 1 is 1.31 bits per heavy atom. The Morgan fingerprint density at radius 3 is 2.50 bits per heavy atom. The highest BCUT2D eigenvalue weighted by atomic mass is 35.5. The molecule has 1 aliphatic heterocycles. The fourth-order valence-electron chi connectivity index (χ4n) is 1.52. The molecule has 1 aromatic rings. The first-order chi connectivity index (χ1) is 7.50. The molecule has 0 bridgehead atoms. The SMILES string of the molecule is COC(=O)C1=C(Cl)c2ccccc2S1(=O)=O. The molecule has 1 aromatic carbocycles. The highest BCUT2D eigenvalue weighted by molar-refractivity contribution is 7.97. The number of benzene rings is 1. The molecule has 84 valence electrons. The number of methoxy groups -OCH3 is 1. The van der Waals surface area contributed by atoms with Crippen molar-refractivity contribution >= 4 is 32.4 Å². The number of hydrogen-bond acceptors (Lipinski definition) is 4. The molecule has 0 radical (unpaired) electrons. The molecule has 0 amide bonds. The van der Waals surface area contributed by atoms with E-state index in [0.717, 1.165) is 7.11 Å². The maximum Gasteiger partial charge on any atom is 0.351 e. The van der Waals surface area contributed by atoms with Gasteiger partial charge in [-0.15, -0.1) is 0 Å². The Hall–Kier alpha value is -1.33. The highest BCUT2D eigenvalue weighted by Crippen LogP contribution is 2.41. The van der Waals surface area contributed by atoms with Crippen LogP contribution in [0.3, 0.4) is 0 Å².